The average molecular weight is 224 g/mol. The predicted molar refractivity (Wildman–Crippen MR) is 65.9 cm³/mol. The Kier molecular flexibility index (Phi) is 3.01. The lowest BCUT2D eigenvalue weighted by Crippen LogP contribution is -2.00. The number of hydrogen-bond acceptors (Lipinski definition) is 4. The van der Waals surface area contributed by atoms with Crippen LogP contribution >= 0.6 is 0 Å². The minimum atomic E-state index is 0.566. The maximum atomic E-state index is 9.10. The molecule has 17 heavy (non-hydrogen) atoms. The van der Waals surface area contributed by atoms with Crippen LogP contribution in [0.2, 0.25) is 0 Å². The normalized spacial score (nSPS) is 9.71. The van der Waals surface area contributed by atoms with Gasteiger partial charge in [-0.1, -0.05) is 0 Å². The fourth-order valence-corrected chi connectivity index (χ4v) is 1.54. The second-order valence-corrected chi connectivity index (χ2v) is 3.72. The zero-order valence-corrected chi connectivity index (χ0v) is 9.73. The maximum absolute atomic E-state index is 9.10. The molecule has 4 heteroatoms. The standard InChI is InChI=1S/C13H12N4/c1-9-5-7-16-13(11(9)8-14)17-12-4-3-6-15-10(12)2/h3-7H,1-2H3,(H,16,17). The molecule has 0 aliphatic carbocycles. The third kappa shape index (κ3) is 2.23. The molecule has 2 heterocycles. The van der Waals surface area contributed by atoms with Crippen LogP contribution in [0.25, 0.3) is 0 Å². The Bertz CT molecular complexity index is 584. The van der Waals surface area contributed by atoms with Gasteiger partial charge in [-0.05, 0) is 37.6 Å². The van der Waals surface area contributed by atoms with Crippen LogP contribution in [0.1, 0.15) is 16.8 Å². The molecule has 0 saturated heterocycles. The molecule has 2 aromatic rings. The van der Waals surface area contributed by atoms with E-state index in [2.05, 4.69) is 21.4 Å². The molecule has 0 aliphatic rings. The second kappa shape index (κ2) is 4.62. The van der Waals surface area contributed by atoms with E-state index in [1.165, 1.54) is 0 Å². The van der Waals surface area contributed by atoms with Crippen molar-refractivity contribution in [3.63, 3.8) is 0 Å². The number of aryl methyl sites for hydroxylation is 2. The van der Waals surface area contributed by atoms with Gasteiger partial charge >= 0.3 is 0 Å². The summed E-state index contributed by atoms with van der Waals surface area (Å²) in [6, 6.07) is 7.73. The highest BCUT2D eigenvalue weighted by atomic mass is 15.0. The zero-order valence-electron chi connectivity index (χ0n) is 9.73. The highest BCUT2D eigenvalue weighted by Crippen LogP contribution is 2.21. The van der Waals surface area contributed by atoms with E-state index in [9.17, 15) is 0 Å². The zero-order chi connectivity index (χ0) is 12.3. The number of pyridine rings is 2. The van der Waals surface area contributed by atoms with Crippen LogP contribution in [0.15, 0.2) is 30.6 Å². The Morgan fingerprint density at radius 3 is 2.71 bits per heavy atom. The number of rotatable bonds is 2. The molecule has 0 spiro atoms. The van der Waals surface area contributed by atoms with Crippen LogP contribution in [0, 0.1) is 25.2 Å². The summed E-state index contributed by atoms with van der Waals surface area (Å²) in [4.78, 5) is 8.37. The molecule has 1 N–H and O–H groups in total. The summed E-state index contributed by atoms with van der Waals surface area (Å²) in [6.45, 7) is 3.80. The summed E-state index contributed by atoms with van der Waals surface area (Å²) in [5.41, 5.74) is 3.21. The van der Waals surface area contributed by atoms with Crippen LogP contribution in [0.4, 0.5) is 11.5 Å². The molecule has 0 fully saturated rings. The van der Waals surface area contributed by atoms with Crippen molar-refractivity contribution in [1.29, 1.82) is 5.26 Å². The maximum Gasteiger partial charge on any atom is 0.148 e. The fraction of sp³-hybridized carbons (Fsp3) is 0.154. The highest BCUT2D eigenvalue weighted by molar-refractivity contribution is 5.65. The number of nitrogens with zero attached hydrogens (tertiary/aromatic N) is 3. The van der Waals surface area contributed by atoms with Crippen molar-refractivity contribution in [3.05, 3.63) is 47.4 Å². The van der Waals surface area contributed by atoms with Crippen LogP contribution in [0.3, 0.4) is 0 Å². The molecule has 0 atom stereocenters. The molecule has 2 rings (SSSR count). The molecule has 0 unspecified atom stereocenters. The fourth-order valence-electron chi connectivity index (χ4n) is 1.54. The largest absolute Gasteiger partial charge is 0.338 e. The van der Waals surface area contributed by atoms with Gasteiger partial charge in [0.25, 0.3) is 0 Å². The molecular weight excluding hydrogens is 212 g/mol. The summed E-state index contributed by atoms with van der Waals surface area (Å²) in [5.74, 6) is 0.573. The summed E-state index contributed by atoms with van der Waals surface area (Å²) >= 11 is 0. The van der Waals surface area contributed by atoms with Crippen molar-refractivity contribution in [2.75, 3.05) is 5.32 Å². The number of nitriles is 1. The number of anilines is 2. The van der Waals surface area contributed by atoms with E-state index in [1.807, 2.05) is 32.0 Å². The molecule has 0 aromatic carbocycles. The van der Waals surface area contributed by atoms with Crippen molar-refractivity contribution >= 4 is 11.5 Å². The molecule has 84 valence electrons. The minimum absolute atomic E-state index is 0.566. The Morgan fingerprint density at radius 1 is 1.18 bits per heavy atom. The van der Waals surface area contributed by atoms with E-state index in [0.717, 1.165) is 16.9 Å². The lowest BCUT2D eigenvalue weighted by molar-refractivity contribution is 1.18. The van der Waals surface area contributed by atoms with Crippen LogP contribution in [-0.4, -0.2) is 9.97 Å². The van der Waals surface area contributed by atoms with Gasteiger partial charge in [0.1, 0.15) is 11.9 Å². The summed E-state index contributed by atoms with van der Waals surface area (Å²) in [6.07, 6.45) is 3.42. The predicted octanol–water partition coefficient (Wildman–Crippen LogP) is 2.71. The smallest absolute Gasteiger partial charge is 0.148 e. The van der Waals surface area contributed by atoms with Crippen molar-refractivity contribution in [1.82, 2.24) is 9.97 Å². The summed E-state index contributed by atoms with van der Waals surface area (Å²) in [5, 5.41) is 12.2. The quantitative estimate of drug-likeness (QED) is 0.851. The molecule has 2 aromatic heterocycles. The van der Waals surface area contributed by atoms with Gasteiger partial charge in [0.2, 0.25) is 0 Å². The van der Waals surface area contributed by atoms with Crippen molar-refractivity contribution < 1.29 is 0 Å². The Hall–Kier alpha value is -2.41. The third-order valence-corrected chi connectivity index (χ3v) is 2.53. The van der Waals surface area contributed by atoms with E-state index in [0.29, 0.717) is 11.4 Å². The molecule has 0 bridgehead atoms. The number of nitrogens with one attached hydrogen (secondary N) is 1. The van der Waals surface area contributed by atoms with Gasteiger partial charge < -0.3 is 5.32 Å². The van der Waals surface area contributed by atoms with Gasteiger partial charge in [0.05, 0.1) is 16.9 Å². The van der Waals surface area contributed by atoms with Gasteiger partial charge in [-0.15, -0.1) is 0 Å². The lowest BCUT2D eigenvalue weighted by atomic mass is 10.1. The Balaban J connectivity index is 2.41. The molecule has 0 saturated carbocycles. The Labute approximate surface area is 100.0 Å². The van der Waals surface area contributed by atoms with E-state index in [4.69, 9.17) is 5.26 Å². The number of aromatic nitrogens is 2. The third-order valence-electron chi connectivity index (χ3n) is 2.53. The van der Waals surface area contributed by atoms with Crippen LogP contribution in [0.5, 0.6) is 0 Å². The molecule has 0 amide bonds. The SMILES string of the molecule is Cc1ccnc(Nc2cccnc2C)c1C#N. The van der Waals surface area contributed by atoms with Gasteiger partial charge in [-0.2, -0.15) is 5.26 Å². The molecular formula is C13H12N4. The first kappa shape index (κ1) is 11.1. The van der Waals surface area contributed by atoms with E-state index < -0.39 is 0 Å². The van der Waals surface area contributed by atoms with Gasteiger partial charge in [0, 0.05) is 12.4 Å². The van der Waals surface area contributed by atoms with E-state index in [1.54, 1.807) is 12.4 Å². The second-order valence-electron chi connectivity index (χ2n) is 3.72. The first-order valence-electron chi connectivity index (χ1n) is 5.26. The van der Waals surface area contributed by atoms with Crippen molar-refractivity contribution in [2.45, 2.75) is 13.8 Å². The molecule has 0 radical (unpaired) electrons. The van der Waals surface area contributed by atoms with Crippen LogP contribution in [-0.2, 0) is 0 Å². The summed E-state index contributed by atoms with van der Waals surface area (Å²) in [7, 11) is 0. The summed E-state index contributed by atoms with van der Waals surface area (Å²) < 4.78 is 0. The van der Waals surface area contributed by atoms with Crippen LogP contribution < -0.4 is 5.32 Å². The molecule has 0 aliphatic heterocycles. The first-order chi connectivity index (χ1) is 8.22. The highest BCUT2D eigenvalue weighted by Gasteiger charge is 2.07. The number of hydrogen-bond donors (Lipinski definition) is 1. The minimum Gasteiger partial charge on any atom is -0.338 e. The molecule has 4 nitrogen and oxygen atoms in total. The topological polar surface area (TPSA) is 61.6 Å². The van der Waals surface area contributed by atoms with Gasteiger partial charge in [-0.25, -0.2) is 4.98 Å². The lowest BCUT2D eigenvalue weighted by Gasteiger charge is -2.09. The average Bonchev–Trinajstić information content (AvgIpc) is 2.32. The van der Waals surface area contributed by atoms with E-state index in [-0.39, 0.29) is 0 Å². The van der Waals surface area contributed by atoms with Gasteiger partial charge in [-0.3, -0.25) is 4.98 Å². The Morgan fingerprint density at radius 2 is 2.00 bits per heavy atom. The van der Waals surface area contributed by atoms with E-state index >= 15 is 0 Å². The monoisotopic (exact) mass is 224 g/mol. The van der Waals surface area contributed by atoms with Crippen molar-refractivity contribution in [3.8, 4) is 6.07 Å². The van der Waals surface area contributed by atoms with Gasteiger partial charge in [0.15, 0.2) is 0 Å². The first-order valence-corrected chi connectivity index (χ1v) is 5.26. The van der Waals surface area contributed by atoms with Crippen molar-refractivity contribution in [2.24, 2.45) is 0 Å².